The van der Waals surface area contributed by atoms with Crippen molar-refractivity contribution in [1.29, 1.82) is 0 Å². The number of hydrogen-bond donors (Lipinski definition) is 2. The van der Waals surface area contributed by atoms with Crippen LogP contribution in [0.2, 0.25) is 0 Å². The summed E-state index contributed by atoms with van der Waals surface area (Å²) in [4.78, 5) is 1.93. The third-order valence-electron chi connectivity index (χ3n) is 1.91. The van der Waals surface area contributed by atoms with Gasteiger partial charge in [0.2, 0.25) is 0 Å². The number of phenolic OH excluding ortho intramolecular Hbond substituents is 1. The first-order valence-electron chi connectivity index (χ1n) is 4.33. The molecular formula is C11H14N2O. The fourth-order valence-corrected chi connectivity index (χ4v) is 1.23. The van der Waals surface area contributed by atoms with Gasteiger partial charge in [-0.2, -0.15) is 0 Å². The van der Waals surface area contributed by atoms with Crippen molar-refractivity contribution in [1.82, 2.24) is 4.90 Å². The molecule has 0 saturated carbocycles. The minimum absolute atomic E-state index is 0.253. The minimum Gasteiger partial charge on any atom is -0.508 e. The van der Waals surface area contributed by atoms with Crippen molar-refractivity contribution in [2.75, 3.05) is 19.3 Å². The number of hydrogen-bond acceptors (Lipinski definition) is 3. The first kappa shape index (κ1) is 10.4. The zero-order valence-corrected chi connectivity index (χ0v) is 8.20. The van der Waals surface area contributed by atoms with Crippen molar-refractivity contribution < 1.29 is 5.11 Å². The Morgan fingerprint density at radius 1 is 1.57 bits per heavy atom. The molecule has 0 radical (unpaired) electrons. The van der Waals surface area contributed by atoms with E-state index in [0.29, 0.717) is 18.8 Å². The van der Waals surface area contributed by atoms with Crippen LogP contribution in [0.25, 0.3) is 0 Å². The zero-order chi connectivity index (χ0) is 10.6. The van der Waals surface area contributed by atoms with Crippen LogP contribution in [0.3, 0.4) is 0 Å². The van der Waals surface area contributed by atoms with E-state index in [1.54, 1.807) is 18.2 Å². The Balaban J connectivity index is 2.76. The second-order valence-electron chi connectivity index (χ2n) is 3.26. The highest BCUT2D eigenvalue weighted by Crippen LogP contribution is 2.20. The van der Waals surface area contributed by atoms with E-state index in [1.165, 1.54) is 0 Å². The number of benzene rings is 1. The van der Waals surface area contributed by atoms with E-state index in [1.807, 2.05) is 11.9 Å². The highest BCUT2D eigenvalue weighted by Gasteiger charge is 2.04. The molecule has 0 amide bonds. The summed E-state index contributed by atoms with van der Waals surface area (Å²) < 4.78 is 0. The van der Waals surface area contributed by atoms with Gasteiger partial charge in [-0.05, 0) is 25.2 Å². The lowest BCUT2D eigenvalue weighted by molar-refractivity contribution is 0.358. The average Bonchev–Trinajstić information content (AvgIpc) is 2.12. The van der Waals surface area contributed by atoms with Gasteiger partial charge in [-0.15, -0.1) is 6.42 Å². The summed E-state index contributed by atoms with van der Waals surface area (Å²) in [5.41, 5.74) is 7.05. The highest BCUT2D eigenvalue weighted by molar-refractivity contribution is 5.47. The molecule has 0 aliphatic carbocycles. The molecule has 1 rings (SSSR count). The first-order chi connectivity index (χ1) is 6.63. The molecule has 0 unspecified atom stereocenters. The molecule has 0 saturated heterocycles. The fraction of sp³-hybridized carbons (Fsp3) is 0.273. The van der Waals surface area contributed by atoms with Gasteiger partial charge in [0.15, 0.2) is 0 Å². The van der Waals surface area contributed by atoms with Gasteiger partial charge in [-0.25, -0.2) is 0 Å². The maximum atomic E-state index is 9.52. The smallest absolute Gasteiger partial charge is 0.120 e. The molecule has 14 heavy (non-hydrogen) atoms. The fourth-order valence-electron chi connectivity index (χ4n) is 1.23. The van der Waals surface area contributed by atoms with Crippen LogP contribution < -0.4 is 5.73 Å². The SMILES string of the molecule is C#CCN(C)Cc1cc(N)ccc1O. The van der Waals surface area contributed by atoms with Gasteiger partial charge < -0.3 is 10.8 Å². The van der Waals surface area contributed by atoms with E-state index in [-0.39, 0.29) is 5.75 Å². The predicted octanol–water partition coefficient (Wildman–Crippen LogP) is 1.04. The van der Waals surface area contributed by atoms with Crippen LogP contribution in [0, 0.1) is 12.3 Å². The number of nitrogen functional groups attached to an aromatic ring is 1. The monoisotopic (exact) mass is 190 g/mol. The Kier molecular flexibility index (Phi) is 3.38. The molecule has 0 fully saturated rings. The standard InChI is InChI=1S/C11H14N2O/c1-3-6-13(2)8-9-7-10(12)4-5-11(9)14/h1,4-5,7,14H,6,8,12H2,2H3. The molecule has 0 spiro atoms. The van der Waals surface area contributed by atoms with E-state index < -0.39 is 0 Å². The van der Waals surface area contributed by atoms with E-state index >= 15 is 0 Å². The normalized spacial score (nSPS) is 10.1. The quantitative estimate of drug-likeness (QED) is 0.425. The summed E-state index contributed by atoms with van der Waals surface area (Å²) in [6.45, 7) is 1.15. The summed E-state index contributed by atoms with van der Waals surface area (Å²) in [5, 5.41) is 9.52. The van der Waals surface area contributed by atoms with Gasteiger partial charge in [-0.1, -0.05) is 5.92 Å². The van der Waals surface area contributed by atoms with Crippen LogP contribution in [0.15, 0.2) is 18.2 Å². The van der Waals surface area contributed by atoms with Gasteiger partial charge in [0.05, 0.1) is 6.54 Å². The van der Waals surface area contributed by atoms with Crippen molar-refractivity contribution >= 4 is 5.69 Å². The molecule has 3 nitrogen and oxygen atoms in total. The lowest BCUT2D eigenvalue weighted by Gasteiger charge is -2.14. The van der Waals surface area contributed by atoms with Crippen LogP contribution in [0.1, 0.15) is 5.56 Å². The molecule has 0 atom stereocenters. The van der Waals surface area contributed by atoms with Crippen molar-refractivity contribution in [2.24, 2.45) is 0 Å². The number of rotatable bonds is 3. The molecule has 0 heterocycles. The van der Waals surface area contributed by atoms with Gasteiger partial charge >= 0.3 is 0 Å². The predicted molar refractivity (Wildman–Crippen MR) is 57.7 cm³/mol. The summed E-state index contributed by atoms with van der Waals surface area (Å²) in [6.07, 6.45) is 5.17. The minimum atomic E-state index is 0.253. The number of aromatic hydroxyl groups is 1. The number of nitrogens with zero attached hydrogens (tertiary/aromatic N) is 1. The Morgan fingerprint density at radius 3 is 2.93 bits per heavy atom. The van der Waals surface area contributed by atoms with Crippen molar-refractivity contribution in [3.05, 3.63) is 23.8 Å². The Bertz CT molecular complexity index is 355. The molecule has 3 N–H and O–H groups in total. The average molecular weight is 190 g/mol. The summed E-state index contributed by atoms with van der Waals surface area (Å²) >= 11 is 0. The van der Waals surface area contributed by atoms with Gasteiger partial charge in [0, 0.05) is 17.8 Å². The van der Waals surface area contributed by atoms with Crippen LogP contribution in [0.5, 0.6) is 5.75 Å². The van der Waals surface area contributed by atoms with Crippen LogP contribution in [-0.2, 0) is 6.54 Å². The Morgan fingerprint density at radius 2 is 2.29 bits per heavy atom. The van der Waals surface area contributed by atoms with Crippen LogP contribution in [-0.4, -0.2) is 23.6 Å². The first-order valence-corrected chi connectivity index (χ1v) is 4.33. The molecule has 3 heteroatoms. The van der Waals surface area contributed by atoms with Gasteiger partial charge in [-0.3, -0.25) is 4.90 Å². The second kappa shape index (κ2) is 4.54. The Labute approximate surface area is 84.1 Å². The highest BCUT2D eigenvalue weighted by atomic mass is 16.3. The Hall–Kier alpha value is -1.66. The molecule has 74 valence electrons. The third kappa shape index (κ3) is 2.68. The molecule has 0 aliphatic heterocycles. The number of phenols is 1. The molecule has 1 aromatic rings. The maximum Gasteiger partial charge on any atom is 0.120 e. The van der Waals surface area contributed by atoms with Crippen molar-refractivity contribution in [3.8, 4) is 18.1 Å². The lowest BCUT2D eigenvalue weighted by Crippen LogP contribution is -2.17. The van der Waals surface area contributed by atoms with E-state index in [2.05, 4.69) is 5.92 Å². The van der Waals surface area contributed by atoms with Crippen molar-refractivity contribution in [3.63, 3.8) is 0 Å². The maximum absolute atomic E-state index is 9.52. The van der Waals surface area contributed by atoms with Crippen LogP contribution >= 0.6 is 0 Å². The molecular weight excluding hydrogens is 176 g/mol. The van der Waals surface area contributed by atoms with Crippen LogP contribution in [0.4, 0.5) is 5.69 Å². The summed E-state index contributed by atoms with van der Waals surface area (Å²) in [5.74, 6) is 2.79. The number of anilines is 1. The lowest BCUT2D eigenvalue weighted by atomic mass is 10.1. The molecule has 0 bridgehead atoms. The van der Waals surface area contributed by atoms with Gasteiger partial charge in [0.25, 0.3) is 0 Å². The number of terminal acetylenes is 1. The van der Waals surface area contributed by atoms with E-state index in [4.69, 9.17) is 12.2 Å². The van der Waals surface area contributed by atoms with E-state index in [9.17, 15) is 5.11 Å². The molecule has 0 aliphatic rings. The summed E-state index contributed by atoms with van der Waals surface area (Å²) in [6, 6.07) is 5.01. The zero-order valence-electron chi connectivity index (χ0n) is 8.20. The van der Waals surface area contributed by atoms with Gasteiger partial charge in [0.1, 0.15) is 5.75 Å². The third-order valence-corrected chi connectivity index (χ3v) is 1.91. The number of nitrogens with two attached hydrogens (primary N) is 1. The van der Waals surface area contributed by atoms with Crippen molar-refractivity contribution in [2.45, 2.75) is 6.54 Å². The summed E-state index contributed by atoms with van der Waals surface area (Å²) in [7, 11) is 1.89. The molecule has 0 aromatic heterocycles. The second-order valence-corrected chi connectivity index (χ2v) is 3.26. The molecule has 1 aromatic carbocycles. The van der Waals surface area contributed by atoms with E-state index in [0.717, 1.165) is 5.56 Å². The topological polar surface area (TPSA) is 49.5 Å². The largest absolute Gasteiger partial charge is 0.508 e.